The van der Waals surface area contributed by atoms with Crippen LogP contribution in [-0.2, 0) is 11.3 Å². The first-order chi connectivity index (χ1) is 19.8. The van der Waals surface area contributed by atoms with Crippen LogP contribution >= 0.6 is 0 Å². The number of imidazole rings is 1. The molecule has 0 saturated carbocycles. The fourth-order valence-corrected chi connectivity index (χ4v) is 5.92. The van der Waals surface area contributed by atoms with E-state index in [1.807, 2.05) is 16.7 Å². The van der Waals surface area contributed by atoms with Crippen molar-refractivity contribution >= 4 is 17.5 Å². The molecular weight excluding hydrogens is 530 g/mol. The zero-order chi connectivity index (χ0) is 28.7. The summed E-state index contributed by atoms with van der Waals surface area (Å²) in [6.07, 6.45) is 4.11. The number of piperidine rings is 1. The van der Waals surface area contributed by atoms with Crippen LogP contribution in [0, 0.1) is 0 Å². The van der Waals surface area contributed by atoms with Gasteiger partial charge in [0, 0.05) is 56.5 Å². The molecule has 4 aromatic rings. The number of likely N-dealkylation sites (tertiary alicyclic amines) is 1. The number of benzene rings is 1. The minimum absolute atomic E-state index is 0.0148. The predicted molar refractivity (Wildman–Crippen MR) is 147 cm³/mol. The molecule has 6 rings (SSSR count). The molecule has 0 N–H and O–H groups in total. The first-order valence-electron chi connectivity index (χ1n) is 13.7. The maximum absolute atomic E-state index is 13.5. The Kier molecular flexibility index (Phi) is 7.21. The number of piperazine rings is 1. The Morgan fingerprint density at radius 1 is 1.02 bits per heavy atom. The van der Waals surface area contributed by atoms with E-state index in [9.17, 15) is 18.4 Å². The minimum atomic E-state index is -3.04. The molecule has 2 fully saturated rings. The maximum Gasteiger partial charge on any atom is 0.388 e. The highest BCUT2D eigenvalue weighted by atomic mass is 19.3. The summed E-state index contributed by atoms with van der Waals surface area (Å²) in [7, 11) is 0. The van der Waals surface area contributed by atoms with Gasteiger partial charge in [0.1, 0.15) is 11.5 Å². The molecule has 2 aliphatic rings. The second-order valence-electron chi connectivity index (χ2n) is 10.9. The molecule has 9 nitrogen and oxygen atoms in total. The molecule has 5 heterocycles. The SMILES string of the molecule is CC(C)c1ccc(-c2nc3ncccn3c2CN2CC3CC(=O)CC(C2)N3C(=O)c2cccc(OC(F)F)n2)cc1. The van der Waals surface area contributed by atoms with E-state index in [0.29, 0.717) is 31.3 Å². The van der Waals surface area contributed by atoms with Crippen LogP contribution in [0.2, 0.25) is 0 Å². The molecule has 2 unspecified atom stereocenters. The normalized spacial score (nSPS) is 19.4. The molecule has 41 heavy (non-hydrogen) atoms. The highest BCUT2D eigenvalue weighted by molar-refractivity contribution is 5.95. The van der Waals surface area contributed by atoms with Gasteiger partial charge < -0.3 is 9.64 Å². The molecule has 2 aliphatic heterocycles. The number of nitrogens with zero attached hydrogens (tertiary/aromatic N) is 6. The number of Topliss-reactive ketones (excluding diaryl/α,β-unsaturated/α-hetero) is 1. The van der Waals surface area contributed by atoms with Crippen molar-refractivity contribution in [2.24, 2.45) is 0 Å². The van der Waals surface area contributed by atoms with Crippen LogP contribution in [-0.4, -0.2) is 72.6 Å². The van der Waals surface area contributed by atoms with Crippen molar-refractivity contribution in [3.63, 3.8) is 0 Å². The van der Waals surface area contributed by atoms with Crippen molar-refractivity contribution in [1.29, 1.82) is 0 Å². The van der Waals surface area contributed by atoms with Crippen molar-refractivity contribution in [2.75, 3.05) is 13.1 Å². The number of carbonyl (C=O) groups excluding carboxylic acids is 2. The second-order valence-corrected chi connectivity index (χ2v) is 10.9. The Morgan fingerprint density at radius 3 is 2.44 bits per heavy atom. The molecular formula is C30H30F2N6O3. The molecule has 1 aromatic carbocycles. The van der Waals surface area contributed by atoms with Gasteiger partial charge in [-0.15, -0.1) is 0 Å². The van der Waals surface area contributed by atoms with Gasteiger partial charge in [-0.2, -0.15) is 8.78 Å². The van der Waals surface area contributed by atoms with Gasteiger partial charge in [-0.1, -0.05) is 44.2 Å². The minimum Gasteiger partial charge on any atom is -0.417 e. The van der Waals surface area contributed by atoms with Crippen LogP contribution in [0.4, 0.5) is 8.78 Å². The molecule has 212 valence electrons. The average Bonchev–Trinajstić information content (AvgIpc) is 3.30. The summed E-state index contributed by atoms with van der Waals surface area (Å²) in [5.41, 5.74) is 4.08. The Hall–Kier alpha value is -4.25. The van der Waals surface area contributed by atoms with Gasteiger partial charge in [-0.3, -0.25) is 18.9 Å². The van der Waals surface area contributed by atoms with Gasteiger partial charge >= 0.3 is 6.61 Å². The van der Waals surface area contributed by atoms with E-state index < -0.39 is 12.5 Å². The van der Waals surface area contributed by atoms with Crippen LogP contribution in [0.5, 0.6) is 5.88 Å². The maximum atomic E-state index is 13.5. The largest absolute Gasteiger partial charge is 0.417 e. The number of pyridine rings is 1. The van der Waals surface area contributed by atoms with Gasteiger partial charge in [0.2, 0.25) is 11.7 Å². The summed E-state index contributed by atoms with van der Waals surface area (Å²) in [5.74, 6) is 0.419. The van der Waals surface area contributed by atoms with E-state index in [1.165, 1.54) is 23.8 Å². The third-order valence-electron chi connectivity index (χ3n) is 7.77. The second kappa shape index (κ2) is 11.0. The van der Waals surface area contributed by atoms with E-state index in [1.54, 1.807) is 11.1 Å². The Bertz CT molecular complexity index is 1570. The number of halogens is 2. The number of ketones is 1. The molecule has 2 bridgehead atoms. The topological polar surface area (TPSA) is 92.9 Å². The van der Waals surface area contributed by atoms with Crippen molar-refractivity contribution in [3.05, 3.63) is 77.9 Å². The lowest BCUT2D eigenvalue weighted by atomic mass is 9.89. The van der Waals surface area contributed by atoms with E-state index in [2.05, 4.69) is 57.7 Å². The number of alkyl halides is 2. The molecule has 0 radical (unpaired) electrons. The number of aromatic nitrogens is 4. The predicted octanol–water partition coefficient (Wildman–Crippen LogP) is 4.57. The lowest BCUT2D eigenvalue weighted by Crippen LogP contribution is -2.64. The van der Waals surface area contributed by atoms with Crippen LogP contribution in [0.15, 0.2) is 60.9 Å². The highest BCUT2D eigenvalue weighted by Gasteiger charge is 2.44. The molecule has 3 aromatic heterocycles. The monoisotopic (exact) mass is 560 g/mol. The van der Waals surface area contributed by atoms with Crippen molar-refractivity contribution in [3.8, 4) is 17.1 Å². The van der Waals surface area contributed by atoms with Crippen LogP contribution < -0.4 is 4.74 Å². The fourth-order valence-electron chi connectivity index (χ4n) is 5.92. The van der Waals surface area contributed by atoms with Gasteiger partial charge in [0.25, 0.3) is 5.91 Å². The zero-order valence-electron chi connectivity index (χ0n) is 22.8. The smallest absolute Gasteiger partial charge is 0.388 e. The van der Waals surface area contributed by atoms with E-state index in [-0.39, 0.29) is 42.3 Å². The number of amides is 1. The van der Waals surface area contributed by atoms with Crippen molar-refractivity contribution in [2.45, 2.75) is 57.8 Å². The summed E-state index contributed by atoms with van der Waals surface area (Å²) >= 11 is 0. The van der Waals surface area contributed by atoms with Gasteiger partial charge in [-0.25, -0.2) is 15.0 Å². The first kappa shape index (κ1) is 26.9. The number of hydrogen-bond acceptors (Lipinski definition) is 7. The zero-order valence-corrected chi connectivity index (χ0v) is 22.8. The van der Waals surface area contributed by atoms with Gasteiger partial charge in [-0.05, 0) is 23.6 Å². The number of ether oxygens (including phenoxy) is 1. The van der Waals surface area contributed by atoms with Crippen molar-refractivity contribution < 1.29 is 23.1 Å². The highest BCUT2D eigenvalue weighted by Crippen LogP contribution is 2.32. The Balaban J connectivity index is 1.28. The first-order valence-corrected chi connectivity index (χ1v) is 13.7. The van der Waals surface area contributed by atoms with E-state index in [0.717, 1.165) is 17.0 Å². The lowest BCUT2D eigenvalue weighted by Gasteiger charge is -2.49. The molecule has 1 amide bonds. The Morgan fingerprint density at radius 2 is 1.76 bits per heavy atom. The lowest BCUT2D eigenvalue weighted by molar-refractivity contribution is -0.127. The molecule has 0 aliphatic carbocycles. The van der Waals surface area contributed by atoms with Crippen LogP contribution in [0.25, 0.3) is 17.0 Å². The third-order valence-corrected chi connectivity index (χ3v) is 7.77. The fraction of sp³-hybridized carbons (Fsp3) is 0.367. The van der Waals surface area contributed by atoms with E-state index in [4.69, 9.17) is 4.98 Å². The molecule has 2 saturated heterocycles. The summed E-state index contributed by atoms with van der Waals surface area (Å²) in [4.78, 5) is 43.4. The quantitative estimate of drug-likeness (QED) is 0.327. The van der Waals surface area contributed by atoms with Crippen LogP contribution in [0.3, 0.4) is 0 Å². The Labute approximate surface area is 235 Å². The molecule has 2 atom stereocenters. The van der Waals surface area contributed by atoms with Crippen molar-refractivity contribution in [1.82, 2.24) is 29.2 Å². The molecule has 11 heteroatoms. The standard InChI is InChI=1S/C30H30F2N6O3/c1-18(2)19-7-9-20(10-8-19)27-25(37-12-4-11-33-30(37)35-27)17-36-15-21-13-23(39)14-22(16-36)38(21)28(40)24-5-3-6-26(34-24)41-29(31)32/h3-12,18,21-22,29H,13-17H2,1-2H3. The number of carbonyl (C=O) groups is 2. The number of fused-ring (bicyclic) bond motifs is 3. The van der Waals surface area contributed by atoms with E-state index >= 15 is 0 Å². The number of rotatable bonds is 7. The summed E-state index contributed by atoms with van der Waals surface area (Å²) < 4.78 is 31.8. The van der Waals surface area contributed by atoms with Crippen LogP contribution in [0.1, 0.15) is 54.4 Å². The summed E-state index contributed by atoms with van der Waals surface area (Å²) in [5, 5.41) is 0. The summed E-state index contributed by atoms with van der Waals surface area (Å²) in [6.45, 7) is 2.77. The number of hydrogen-bond donors (Lipinski definition) is 0. The molecule has 0 spiro atoms. The average molecular weight is 561 g/mol. The summed E-state index contributed by atoms with van der Waals surface area (Å²) in [6, 6.07) is 13.8. The third kappa shape index (κ3) is 5.41. The van der Waals surface area contributed by atoms with Gasteiger partial charge in [0.15, 0.2) is 0 Å². The van der Waals surface area contributed by atoms with Gasteiger partial charge in [0.05, 0.1) is 23.5 Å².